The Morgan fingerprint density at radius 1 is 0.545 bits per heavy atom. The van der Waals surface area contributed by atoms with Gasteiger partial charge in [0.05, 0.1) is 0 Å². The van der Waals surface area contributed by atoms with Crippen molar-refractivity contribution in [2.75, 3.05) is 0 Å². The van der Waals surface area contributed by atoms with E-state index in [2.05, 4.69) is 104 Å². The van der Waals surface area contributed by atoms with E-state index in [4.69, 9.17) is 11.5 Å². The molecule has 4 aromatic rings. The Hall–Kier alpha value is -3.07. The van der Waals surface area contributed by atoms with Crippen molar-refractivity contribution in [1.29, 1.82) is 0 Å². The van der Waals surface area contributed by atoms with Gasteiger partial charge in [-0.2, -0.15) is 0 Å². The van der Waals surface area contributed by atoms with Gasteiger partial charge in [0, 0.05) is 10.9 Å². The van der Waals surface area contributed by atoms with Gasteiger partial charge >= 0.3 is 0 Å². The minimum Gasteiger partial charge on any atom is -0.325 e. The SMILES string of the molecule is CC(BC(N)(c1ccccc1)c1ccccc1)CBC(N)(c1ccccc1)c1ccccc1. The normalized spacial score (nSPS) is 12.7. The van der Waals surface area contributed by atoms with Crippen LogP contribution in [0.25, 0.3) is 0 Å². The van der Waals surface area contributed by atoms with E-state index in [1.54, 1.807) is 0 Å². The summed E-state index contributed by atoms with van der Waals surface area (Å²) in [5, 5.41) is 0. The van der Waals surface area contributed by atoms with Gasteiger partial charge in [-0.25, -0.2) is 0 Å². The molecule has 0 saturated carbocycles. The Kier molecular flexibility index (Phi) is 7.17. The number of benzene rings is 4. The predicted octanol–water partition coefficient (Wildman–Crippen LogP) is 4.81. The van der Waals surface area contributed by atoms with E-state index in [-0.39, 0.29) is 0 Å². The minimum atomic E-state index is -0.543. The number of hydrogen-bond acceptors (Lipinski definition) is 2. The van der Waals surface area contributed by atoms with Crippen molar-refractivity contribution in [3.63, 3.8) is 0 Å². The van der Waals surface area contributed by atoms with Crippen LogP contribution >= 0.6 is 0 Å². The highest BCUT2D eigenvalue weighted by atomic mass is 14.7. The molecule has 0 aromatic heterocycles. The molecule has 0 heterocycles. The zero-order valence-corrected chi connectivity index (χ0v) is 19.4. The lowest BCUT2D eigenvalue weighted by Gasteiger charge is -2.35. The second-order valence-corrected chi connectivity index (χ2v) is 9.25. The molecule has 0 spiro atoms. The van der Waals surface area contributed by atoms with E-state index in [1.807, 2.05) is 24.3 Å². The highest BCUT2D eigenvalue weighted by Crippen LogP contribution is 2.33. The van der Waals surface area contributed by atoms with E-state index in [9.17, 15) is 0 Å². The maximum absolute atomic E-state index is 7.17. The van der Waals surface area contributed by atoms with Gasteiger partial charge in [0.1, 0.15) is 0 Å². The fourth-order valence-corrected chi connectivity index (χ4v) is 4.93. The summed E-state index contributed by atoms with van der Waals surface area (Å²) in [5.41, 5.74) is 17.8. The lowest BCUT2D eigenvalue weighted by atomic mass is 9.40. The molecule has 0 amide bonds. The number of hydrogen-bond donors (Lipinski definition) is 2. The maximum Gasteiger partial charge on any atom is 0.159 e. The van der Waals surface area contributed by atoms with E-state index in [1.165, 1.54) is 0 Å². The summed E-state index contributed by atoms with van der Waals surface area (Å²) in [6, 6.07) is 41.8. The zero-order chi connectivity index (χ0) is 23.2. The van der Waals surface area contributed by atoms with Crippen LogP contribution in [0.4, 0.5) is 0 Å². The third kappa shape index (κ3) is 5.13. The lowest BCUT2D eigenvalue weighted by molar-refractivity contribution is 0.729. The van der Waals surface area contributed by atoms with Crippen LogP contribution in [0.1, 0.15) is 29.2 Å². The molecule has 2 nitrogen and oxygen atoms in total. The van der Waals surface area contributed by atoms with Gasteiger partial charge in [0.15, 0.2) is 14.6 Å². The monoisotopic (exact) mass is 430 g/mol. The highest BCUT2D eigenvalue weighted by Gasteiger charge is 2.35. The largest absolute Gasteiger partial charge is 0.325 e. The van der Waals surface area contributed by atoms with Crippen LogP contribution in [-0.4, -0.2) is 14.6 Å². The van der Waals surface area contributed by atoms with Crippen LogP contribution in [0, 0.1) is 0 Å². The molecule has 4 N–H and O–H groups in total. The van der Waals surface area contributed by atoms with Gasteiger partial charge in [-0.05, 0) is 22.3 Å². The molecule has 0 aliphatic rings. The topological polar surface area (TPSA) is 52.0 Å². The van der Waals surface area contributed by atoms with Crippen molar-refractivity contribution in [2.24, 2.45) is 11.5 Å². The van der Waals surface area contributed by atoms with Crippen LogP contribution in [0.15, 0.2) is 121 Å². The van der Waals surface area contributed by atoms with Gasteiger partial charge in [-0.15, -0.1) is 0 Å². The summed E-state index contributed by atoms with van der Waals surface area (Å²) < 4.78 is 0. The van der Waals surface area contributed by atoms with E-state index < -0.39 is 10.9 Å². The van der Waals surface area contributed by atoms with Gasteiger partial charge in [-0.3, -0.25) is 0 Å². The average molecular weight is 430 g/mol. The molecule has 0 bridgehead atoms. The zero-order valence-electron chi connectivity index (χ0n) is 19.4. The van der Waals surface area contributed by atoms with Crippen molar-refractivity contribution in [3.05, 3.63) is 144 Å². The predicted molar refractivity (Wildman–Crippen MR) is 144 cm³/mol. The molecule has 4 heteroatoms. The molecule has 164 valence electrons. The number of nitrogens with two attached hydrogens (primary N) is 2. The summed E-state index contributed by atoms with van der Waals surface area (Å²) in [4.78, 5) is 0. The molecule has 0 fully saturated rings. The third-order valence-electron chi connectivity index (χ3n) is 6.86. The van der Waals surface area contributed by atoms with Gasteiger partial charge < -0.3 is 11.5 Å². The smallest absolute Gasteiger partial charge is 0.159 e. The van der Waals surface area contributed by atoms with Crippen molar-refractivity contribution in [1.82, 2.24) is 0 Å². The van der Waals surface area contributed by atoms with Crippen molar-refractivity contribution in [3.8, 4) is 0 Å². The quantitative estimate of drug-likeness (QED) is 0.375. The summed E-state index contributed by atoms with van der Waals surface area (Å²) in [5.74, 6) is 0.380. The Balaban J connectivity index is 1.59. The van der Waals surface area contributed by atoms with Gasteiger partial charge in [0.25, 0.3) is 0 Å². The molecule has 4 rings (SSSR count). The van der Waals surface area contributed by atoms with E-state index in [0.29, 0.717) is 5.82 Å². The van der Waals surface area contributed by atoms with Crippen molar-refractivity contribution in [2.45, 2.75) is 29.9 Å². The van der Waals surface area contributed by atoms with Crippen LogP contribution in [0.5, 0.6) is 0 Å². The van der Waals surface area contributed by atoms with Gasteiger partial charge in [0.2, 0.25) is 0 Å². The lowest BCUT2D eigenvalue weighted by Crippen LogP contribution is -2.47. The number of rotatable bonds is 9. The molecule has 33 heavy (non-hydrogen) atoms. The molecule has 0 saturated heterocycles. The fourth-order valence-electron chi connectivity index (χ4n) is 4.93. The molecule has 4 aromatic carbocycles. The highest BCUT2D eigenvalue weighted by molar-refractivity contribution is 6.49. The van der Waals surface area contributed by atoms with Crippen molar-refractivity contribution >= 4 is 14.6 Å². The standard InChI is InChI=1S/C29H32B2N2/c1-23(31-29(33,26-18-10-4-11-19-26)27-20-12-5-13-21-27)22-30-28(32,24-14-6-2-7-15-24)25-16-8-3-9-17-25/h2-21,23,30-31H,22,32-33H2,1H3. The molecule has 0 aliphatic carbocycles. The van der Waals surface area contributed by atoms with Crippen LogP contribution in [0.2, 0.25) is 12.1 Å². The first-order valence-corrected chi connectivity index (χ1v) is 11.8. The molecule has 1 unspecified atom stereocenters. The first-order chi connectivity index (χ1) is 16.0. The van der Waals surface area contributed by atoms with Crippen molar-refractivity contribution < 1.29 is 0 Å². The summed E-state index contributed by atoms with van der Waals surface area (Å²) in [6.07, 6.45) is 0.971. The first-order valence-electron chi connectivity index (χ1n) is 11.8. The average Bonchev–Trinajstić information content (AvgIpc) is 2.89. The Morgan fingerprint density at radius 3 is 1.18 bits per heavy atom. The molecular formula is C29H32B2N2. The van der Waals surface area contributed by atoms with E-state index in [0.717, 1.165) is 43.1 Å². The van der Waals surface area contributed by atoms with Gasteiger partial charge in [-0.1, -0.05) is 140 Å². The summed E-state index contributed by atoms with van der Waals surface area (Å²) in [6.45, 7) is 2.30. The second kappa shape index (κ2) is 10.2. The molecule has 1 atom stereocenters. The third-order valence-corrected chi connectivity index (χ3v) is 6.86. The Labute approximate surface area is 199 Å². The first kappa shape index (κ1) is 23.1. The maximum atomic E-state index is 7.17. The van der Waals surface area contributed by atoms with Crippen LogP contribution < -0.4 is 11.5 Å². The minimum absolute atomic E-state index is 0.380. The second-order valence-electron chi connectivity index (χ2n) is 9.25. The molecular weight excluding hydrogens is 398 g/mol. The molecule has 0 aliphatic heterocycles. The Morgan fingerprint density at radius 2 is 0.848 bits per heavy atom. The van der Waals surface area contributed by atoms with Crippen LogP contribution in [-0.2, 0) is 10.9 Å². The van der Waals surface area contributed by atoms with E-state index >= 15 is 0 Å². The summed E-state index contributed by atoms with van der Waals surface area (Å²) >= 11 is 0. The summed E-state index contributed by atoms with van der Waals surface area (Å²) in [7, 11) is 1.70. The Bertz CT molecular complexity index is 1040. The fraction of sp³-hybridized carbons (Fsp3) is 0.172. The van der Waals surface area contributed by atoms with Crippen LogP contribution in [0.3, 0.4) is 0 Å². The molecule has 0 radical (unpaired) electrons.